The number of anilines is 1. The van der Waals surface area contributed by atoms with E-state index in [1.54, 1.807) is 6.21 Å². The van der Waals surface area contributed by atoms with E-state index >= 15 is 0 Å². The van der Waals surface area contributed by atoms with Gasteiger partial charge < -0.3 is 11.1 Å². The van der Waals surface area contributed by atoms with Crippen LogP contribution in [-0.2, 0) is 6.42 Å². The van der Waals surface area contributed by atoms with Crippen molar-refractivity contribution in [2.45, 2.75) is 6.42 Å². The highest BCUT2D eigenvalue weighted by Gasteiger charge is 2.23. The van der Waals surface area contributed by atoms with Crippen LogP contribution in [0, 0.1) is 0 Å². The van der Waals surface area contributed by atoms with E-state index in [9.17, 15) is 4.79 Å². The number of hydrogen-bond donors (Lipinski definition) is 2. The third-order valence-electron chi connectivity index (χ3n) is 5.36. The number of aromatic nitrogens is 3. The lowest BCUT2D eigenvalue weighted by Gasteiger charge is -2.05. The molecule has 0 saturated carbocycles. The van der Waals surface area contributed by atoms with E-state index < -0.39 is 0 Å². The second-order valence-corrected chi connectivity index (χ2v) is 7.60. The molecule has 5 aromatic rings. The molecule has 7 nitrogen and oxygen atoms in total. The van der Waals surface area contributed by atoms with E-state index in [2.05, 4.69) is 10.4 Å². The van der Waals surface area contributed by atoms with Gasteiger partial charge in [0.15, 0.2) is 5.65 Å². The Morgan fingerprint density at radius 1 is 0.909 bits per heavy atom. The summed E-state index contributed by atoms with van der Waals surface area (Å²) in [4.78, 5) is 22.6. The number of nitrogens with two attached hydrogens (primary N) is 1. The van der Waals surface area contributed by atoms with Crippen LogP contribution in [0.15, 0.2) is 90.0 Å². The first kappa shape index (κ1) is 20.4. The lowest BCUT2D eigenvalue weighted by atomic mass is 10.1. The van der Waals surface area contributed by atoms with Gasteiger partial charge in [0.2, 0.25) is 0 Å². The molecule has 2 aromatic heterocycles. The standard InChI is InChI=1S/C26H22N6O/c27-24-22(26(33)28-16-15-18-9-3-1-4-10-18)23-25(31-21-14-8-7-13-20(21)30-23)32(24)29-17-19-11-5-2-6-12-19/h1-14,17H,15-16,27H2,(H,28,33)/b29-17-. The quantitative estimate of drug-likeness (QED) is 0.394. The number of carbonyl (C=O) groups is 1. The summed E-state index contributed by atoms with van der Waals surface area (Å²) in [6, 6.07) is 27.2. The van der Waals surface area contributed by atoms with Crippen LogP contribution in [0.1, 0.15) is 21.5 Å². The first-order valence-electron chi connectivity index (χ1n) is 10.7. The number of nitrogen functional groups attached to an aromatic ring is 1. The topological polar surface area (TPSA) is 98.2 Å². The van der Waals surface area contributed by atoms with Gasteiger partial charge in [-0.3, -0.25) is 4.79 Å². The summed E-state index contributed by atoms with van der Waals surface area (Å²) in [5.41, 5.74) is 11.0. The van der Waals surface area contributed by atoms with Gasteiger partial charge in [0.1, 0.15) is 16.9 Å². The maximum absolute atomic E-state index is 13.2. The maximum Gasteiger partial charge on any atom is 0.257 e. The Bertz CT molecular complexity index is 1460. The van der Waals surface area contributed by atoms with Gasteiger partial charge in [-0.25, -0.2) is 9.97 Å². The van der Waals surface area contributed by atoms with Crippen LogP contribution in [0.3, 0.4) is 0 Å². The van der Waals surface area contributed by atoms with Gasteiger partial charge in [0.05, 0.1) is 17.2 Å². The number of para-hydroxylation sites is 2. The lowest BCUT2D eigenvalue weighted by Crippen LogP contribution is -2.26. The number of amides is 1. The third-order valence-corrected chi connectivity index (χ3v) is 5.36. The van der Waals surface area contributed by atoms with Crippen LogP contribution < -0.4 is 11.1 Å². The van der Waals surface area contributed by atoms with Gasteiger partial charge in [-0.2, -0.15) is 9.78 Å². The Morgan fingerprint density at radius 2 is 1.55 bits per heavy atom. The number of hydrogen-bond acceptors (Lipinski definition) is 5. The zero-order valence-electron chi connectivity index (χ0n) is 17.8. The van der Waals surface area contributed by atoms with Crippen molar-refractivity contribution in [1.82, 2.24) is 20.0 Å². The van der Waals surface area contributed by atoms with Gasteiger partial charge in [-0.05, 0) is 29.7 Å². The van der Waals surface area contributed by atoms with Gasteiger partial charge in [0.25, 0.3) is 5.91 Å². The smallest absolute Gasteiger partial charge is 0.257 e. The first-order valence-corrected chi connectivity index (χ1v) is 10.7. The van der Waals surface area contributed by atoms with E-state index in [1.807, 2.05) is 84.9 Å². The third kappa shape index (κ3) is 4.16. The van der Waals surface area contributed by atoms with Crippen LogP contribution in [0.2, 0.25) is 0 Å². The van der Waals surface area contributed by atoms with E-state index in [4.69, 9.17) is 15.7 Å². The average molecular weight is 435 g/mol. The molecule has 0 saturated heterocycles. The monoisotopic (exact) mass is 434 g/mol. The Morgan fingerprint density at radius 3 is 2.27 bits per heavy atom. The van der Waals surface area contributed by atoms with Crippen molar-refractivity contribution in [1.29, 1.82) is 0 Å². The molecule has 0 aliphatic carbocycles. The van der Waals surface area contributed by atoms with Crippen molar-refractivity contribution in [3.63, 3.8) is 0 Å². The largest absolute Gasteiger partial charge is 0.383 e. The highest BCUT2D eigenvalue weighted by molar-refractivity contribution is 6.10. The lowest BCUT2D eigenvalue weighted by molar-refractivity contribution is 0.0956. The van der Waals surface area contributed by atoms with Crippen molar-refractivity contribution in [2.75, 3.05) is 12.3 Å². The molecule has 0 unspecified atom stereocenters. The fourth-order valence-electron chi connectivity index (χ4n) is 3.71. The Kier molecular flexibility index (Phi) is 5.51. The van der Waals surface area contributed by atoms with E-state index in [0.29, 0.717) is 35.2 Å². The fourth-order valence-corrected chi connectivity index (χ4v) is 3.71. The SMILES string of the molecule is Nc1c(C(=O)NCCc2ccccc2)c2nc3ccccc3nc2n1/N=C\c1ccccc1. The molecule has 0 fully saturated rings. The minimum atomic E-state index is -0.299. The molecular weight excluding hydrogens is 412 g/mol. The van der Waals surface area contributed by atoms with Gasteiger partial charge in [-0.1, -0.05) is 72.8 Å². The predicted molar refractivity (Wildman–Crippen MR) is 131 cm³/mol. The molecule has 162 valence electrons. The molecule has 0 radical (unpaired) electrons. The molecule has 0 bridgehead atoms. The number of carbonyl (C=O) groups excluding carboxylic acids is 1. The summed E-state index contributed by atoms with van der Waals surface area (Å²) in [5.74, 6) is -0.101. The predicted octanol–water partition coefficient (Wildman–Crippen LogP) is 4.02. The second kappa shape index (κ2) is 8.92. The molecule has 33 heavy (non-hydrogen) atoms. The highest BCUT2D eigenvalue weighted by Crippen LogP contribution is 2.27. The van der Waals surface area contributed by atoms with Crippen molar-refractivity contribution < 1.29 is 4.79 Å². The molecular formula is C26H22N6O. The minimum Gasteiger partial charge on any atom is -0.383 e. The number of nitrogens with zero attached hydrogens (tertiary/aromatic N) is 4. The highest BCUT2D eigenvalue weighted by atomic mass is 16.1. The number of fused-ring (bicyclic) bond motifs is 2. The van der Waals surface area contributed by atoms with Gasteiger partial charge >= 0.3 is 0 Å². The van der Waals surface area contributed by atoms with Crippen molar-refractivity contribution in [3.05, 3.63) is 102 Å². The van der Waals surface area contributed by atoms with Crippen LogP contribution >= 0.6 is 0 Å². The maximum atomic E-state index is 13.2. The normalized spacial score (nSPS) is 11.4. The summed E-state index contributed by atoms with van der Waals surface area (Å²) in [6.07, 6.45) is 2.40. The molecule has 0 aliphatic rings. The molecule has 1 amide bonds. The summed E-state index contributed by atoms with van der Waals surface area (Å²) < 4.78 is 1.48. The Hall–Kier alpha value is -4.52. The Labute approximate surface area is 190 Å². The van der Waals surface area contributed by atoms with Crippen LogP contribution in [-0.4, -0.2) is 33.3 Å². The minimum absolute atomic E-state index is 0.199. The second-order valence-electron chi connectivity index (χ2n) is 7.60. The zero-order valence-corrected chi connectivity index (χ0v) is 17.8. The van der Waals surface area contributed by atoms with E-state index in [0.717, 1.165) is 11.1 Å². The Balaban J connectivity index is 1.54. The van der Waals surface area contributed by atoms with E-state index in [-0.39, 0.29) is 17.3 Å². The van der Waals surface area contributed by atoms with Crippen LogP contribution in [0.4, 0.5) is 5.82 Å². The summed E-state index contributed by atoms with van der Waals surface area (Å²) >= 11 is 0. The van der Waals surface area contributed by atoms with Crippen LogP contribution in [0.25, 0.3) is 22.2 Å². The van der Waals surface area contributed by atoms with Gasteiger partial charge in [-0.15, -0.1) is 0 Å². The van der Waals surface area contributed by atoms with Crippen molar-refractivity contribution in [2.24, 2.45) is 5.10 Å². The zero-order chi connectivity index (χ0) is 22.6. The molecule has 2 heterocycles. The molecule has 0 aliphatic heterocycles. The van der Waals surface area contributed by atoms with E-state index in [1.165, 1.54) is 4.68 Å². The fraction of sp³-hybridized carbons (Fsp3) is 0.0769. The molecule has 5 rings (SSSR count). The number of nitrogens with one attached hydrogen (secondary N) is 1. The molecule has 3 aromatic carbocycles. The van der Waals surface area contributed by atoms with Crippen LogP contribution in [0.5, 0.6) is 0 Å². The molecule has 7 heteroatoms. The average Bonchev–Trinajstić information content (AvgIpc) is 3.12. The van der Waals surface area contributed by atoms with Crippen molar-refractivity contribution in [3.8, 4) is 0 Å². The summed E-state index contributed by atoms with van der Waals surface area (Å²) in [5, 5.41) is 7.49. The number of benzene rings is 3. The summed E-state index contributed by atoms with van der Waals surface area (Å²) in [6.45, 7) is 0.475. The summed E-state index contributed by atoms with van der Waals surface area (Å²) in [7, 11) is 0. The molecule has 0 spiro atoms. The number of rotatable bonds is 6. The van der Waals surface area contributed by atoms with Gasteiger partial charge in [0, 0.05) is 6.54 Å². The van der Waals surface area contributed by atoms with Crippen molar-refractivity contribution >= 4 is 40.1 Å². The first-order chi connectivity index (χ1) is 16.2. The molecule has 3 N–H and O–H groups in total. The molecule has 0 atom stereocenters.